The minimum Gasteiger partial charge on any atom is -0.497 e. The van der Waals surface area contributed by atoms with Crippen molar-refractivity contribution in [3.05, 3.63) is 24.3 Å². The summed E-state index contributed by atoms with van der Waals surface area (Å²) in [5.74, 6) is 2.34. The van der Waals surface area contributed by atoms with E-state index < -0.39 is 0 Å². The first-order valence-electron chi connectivity index (χ1n) is 7.36. The molecule has 0 saturated heterocycles. The highest BCUT2D eigenvalue weighted by Gasteiger charge is 2.41. The summed E-state index contributed by atoms with van der Waals surface area (Å²) >= 11 is 0. The lowest BCUT2D eigenvalue weighted by Crippen LogP contribution is -2.51. The van der Waals surface area contributed by atoms with Gasteiger partial charge in [0.15, 0.2) is 5.96 Å². The van der Waals surface area contributed by atoms with Crippen LogP contribution in [0.4, 0.5) is 5.69 Å². The smallest absolute Gasteiger partial charge is 0.196 e. The molecule has 1 atom stereocenters. The lowest BCUT2D eigenvalue weighted by Gasteiger charge is -2.41. The van der Waals surface area contributed by atoms with E-state index in [0.29, 0.717) is 5.96 Å². The van der Waals surface area contributed by atoms with Crippen molar-refractivity contribution in [1.82, 2.24) is 0 Å². The molecule has 0 amide bonds. The Kier molecular flexibility index (Phi) is 3.32. The second kappa shape index (κ2) is 5.00. The number of methoxy groups -OCH3 is 1. The topological polar surface area (TPSA) is 50.9 Å². The molecule has 2 aliphatic rings. The maximum absolute atomic E-state index is 6.14. The van der Waals surface area contributed by atoms with Crippen LogP contribution in [-0.4, -0.2) is 25.2 Å². The van der Waals surface area contributed by atoms with Crippen LogP contribution < -0.4 is 15.4 Å². The second-order valence-electron chi connectivity index (χ2n) is 6.21. The van der Waals surface area contributed by atoms with Crippen molar-refractivity contribution < 1.29 is 4.74 Å². The van der Waals surface area contributed by atoms with Gasteiger partial charge in [0.1, 0.15) is 5.75 Å². The van der Waals surface area contributed by atoms with Gasteiger partial charge in [0.05, 0.1) is 19.2 Å². The second-order valence-corrected chi connectivity index (χ2v) is 6.21. The summed E-state index contributed by atoms with van der Waals surface area (Å²) in [5, 5.41) is 0. The molecule has 0 radical (unpaired) electrons. The Balaban J connectivity index is 1.84. The fourth-order valence-corrected chi connectivity index (χ4v) is 3.32. The largest absolute Gasteiger partial charge is 0.497 e. The normalized spacial score (nSPS) is 26.3. The monoisotopic (exact) mass is 273 g/mol. The molecule has 1 saturated carbocycles. The summed E-state index contributed by atoms with van der Waals surface area (Å²) in [7, 11) is 1.68. The molecule has 0 aromatic heterocycles. The molecule has 0 spiro atoms. The number of nitrogens with zero attached hydrogens (tertiary/aromatic N) is 2. The molecule has 1 aliphatic heterocycles. The van der Waals surface area contributed by atoms with E-state index in [1.54, 1.807) is 7.11 Å². The predicted octanol–water partition coefficient (Wildman–Crippen LogP) is 2.78. The molecule has 1 heterocycles. The van der Waals surface area contributed by atoms with Crippen molar-refractivity contribution in [2.24, 2.45) is 16.6 Å². The fraction of sp³-hybridized carbons (Fsp3) is 0.562. The van der Waals surface area contributed by atoms with Gasteiger partial charge in [-0.15, -0.1) is 0 Å². The molecule has 1 aromatic rings. The number of anilines is 1. The SMILES string of the molecule is COc1ccc(N2C(N)=NCC2(C)CC2CCC2)cc1. The van der Waals surface area contributed by atoms with E-state index >= 15 is 0 Å². The molecule has 1 unspecified atom stereocenters. The number of benzene rings is 1. The maximum atomic E-state index is 6.14. The Morgan fingerprint density at radius 2 is 2.05 bits per heavy atom. The van der Waals surface area contributed by atoms with Crippen LogP contribution in [0.5, 0.6) is 5.75 Å². The Morgan fingerprint density at radius 1 is 1.35 bits per heavy atom. The Hall–Kier alpha value is -1.71. The summed E-state index contributed by atoms with van der Waals surface area (Å²) in [5.41, 5.74) is 7.26. The molecule has 0 bridgehead atoms. The molecule has 4 heteroatoms. The highest BCUT2D eigenvalue weighted by molar-refractivity contribution is 5.98. The fourth-order valence-electron chi connectivity index (χ4n) is 3.32. The number of rotatable bonds is 4. The highest BCUT2D eigenvalue weighted by Crippen LogP contribution is 2.40. The van der Waals surface area contributed by atoms with Crippen LogP contribution >= 0.6 is 0 Å². The average molecular weight is 273 g/mol. The Bertz CT molecular complexity index is 507. The summed E-state index contributed by atoms with van der Waals surface area (Å²) in [6.07, 6.45) is 5.25. The number of guanidine groups is 1. The van der Waals surface area contributed by atoms with E-state index in [9.17, 15) is 0 Å². The van der Waals surface area contributed by atoms with Crippen LogP contribution in [0.1, 0.15) is 32.6 Å². The van der Waals surface area contributed by atoms with Crippen molar-refractivity contribution in [2.75, 3.05) is 18.6 Å². The predicted molar refractivity (Wildman–Crippen MR) is 82.3 cm³/mol. The van der Waals surface area contributed by atoms with Gasteiger partial charge < -0.3 is 15.4 Å². The lowest BCUT2D eigenvalue weighted by atomic mass is 9.76. The van der Waals surface area contributed by atoms with Crippen molar-refractivity contribution in [3.8, 4) is 5.75 Å². The van der Waals surface area contributed by atoms with Gasteiger partial charge in [0, 0.05) is 5.69 Å². The van der Waals surface area contributed by atoms with E-state index in [0.717, 1.165) is 23.9 Å². The van der Waals surface area contributed by atoms with Crippen LogP contribution in [0, 0.1) is 5.92 Å². The molecule has 2 N–H and O–H groups in total. The highest BCUT2D eigenvalue weighted by atomic mass is 16.5. The molecule has 1 fully saturated rings. The minimum absolute atomic E-state index is 0.0176. The van der Waals surface area contributed by atoms with Crippen LogP contribution in [0.25, 0.3) is 0 Å². The molecule has 4 nitrogen and oxygen atoms in total. The van der Waals surface area contributed by atoms with Crippen LogP contribution in [0.3, 0.4) is 0 Å². The minimum atomic E-state index is 0.0176. The van der Waals surface area contributed by atoms with Gasteiger partial charge >= 0.3 is 0 Å². The van der Waals surface area contributed by atoms with Gasteiger partial charge in [0.25, 0.3) is 0 Å². The third kappa shape index (κ3) is 2.23. The first kappa shape index (κ1) is 13.3. The van der Waals surface area contributed by atoms with Crippen molar-refractivity contribution in [1.29, 1.82) is 0 Å². The quantitative estimate of drug-likeness (QED) is 0.917. The van der Waals surface area contributed by atoms with Crippen molar-refractivity contribution in [2.45, 2.75) is 38.1 Å². The van der Waals surface area contributed by atoms with E-state index in [2.05, 4.69) is 28.9 Å². The summed E-state index contributed by atoms with van der Waals surface area (Å²) in [6.45, 7) is 3.07. The van der Waals surface area contributed by atoms with Gasteiger partial charge in [0.2, 0.25) is 0 Å². The number of nitrogens with two attached hydrogens (primary N) is 1. The van der Waals surface area contributed by atoms with Gasteiger partial charge in [-0.3, -0.25) is 4.99 Å². The zero-order valence-corrected chi connectivity index (χ0v) is 12.3. The molecule has 1 aromatic carbocycles. The molecule has 1 aliphatic carbocycles. The van der Waals surface area contributed by atoms with Gasteiger partial charge in [-0.2, -0.15) is 0 Å². The maximum Gasteiger partial charge on any atom is 0.196 e. The number of hydrogen-bond donors (Lipinski definition) is 1. The Morgan fingerprint density at radius 3 is 2.60 bits per heavy atom. The molecular weight excluding hydrogens is 250 g/mol. The third-order valence-corrected chi connectivity index (χ3v) is 4.63. The van der Waals surface area contributed by atoms with E-state index in [1.165, 1.54) is 25.7 Å². The summed E-state index contributed by atoms with van der Waals surface area (Å²) in [4.78, 5) is 6.69. The third-order valence-electron chi connectivity index (χ3n) is 4.63. The molecule has 3 rings (SSSR count). The van der Waals surface area contributed by atoms with Gasteiger partial charge in [-0.25, -0.2) is 0 Å². The van der Waals surface area contributed by atoms with Gasteiger partial charge in [-0.05, 0) is 43.5 Å². The zero-order chi connectivity index (χ0) is 14.2. The molecule has 20 heavy (non-hydrogen) atoms. The van der Waals surface area contributed by atoms with Crippen molar-refractivity contribution >= 4 is 11.6 Å². The first-order valence-corrected chi connectivity index (χ1v) is 7.36. The average Bonchev–Trinajstić information content (AvgIpc) is 2.71. The number of hydrogen-bond acceptors (Lipinski definition) is 4. The number of ether oxygens (including phenoxy) is 1. The van der Waals surface area contributed by atoms with Crippen LogP contribution in [0.15, 0.2) is 29.3 Å². The van der Waals surface area contributed by atoms with Crippen molar-refractivity contribution in [3.63, 3.8) is 0 Å². The summed E-state index contributed by atoms with van der Waals surface area (Å²) in [6, 6.07) is 8.08. The first-order chi connectivity index (χ1) is 9.62. The number of aliphatic imine (C=N–C) groups is 1. The van der Waals surface area contributed by atoms with Crippen LogP contribution in [-0.2, 0) is 0 Å². The molecule has 108 valence electrons. The summed E-state index contributed by atoms with van der Waals surface area (Å²) < 4.78 is 5.22. The lowest BCUT2D eigenvalue weighted by molar-refractivity contribution is 0.243. The zero-order valence-electron chi connectivity index (χ0n) is 12.3. The standard InChI is InChI=1S/C16H23N3O/c1-16(10-12-4-3-5-12)11-18-15(17)19(16)13-6-8-14(20-2)9-7-13/h6-9,12H,3-5,10-11H2,1-2H3,(H2,17,18). The van der Waals surface area contributed by atoms with E-state index in [-0.39, 0.29) is 5.54 Å². The van der Waals surface area contributed by atoms with E-state index in [4.69, 9.17) is 10.5 Å². The van der Waals surface area contributed by atoms with Crippen LogP contribution in [0.2, 0.25) is 0 Å². The van der Waals surface area contributed by atoms with Gasteiger partial charge in [-0.1, -0.05) is 19.3 Å². The molecular formula is C16H23N3O. The Labute approximate surface area is 120 Å². The van der Waals surface area contributed by atoms with E-state index in [1.807, 2.05) is 12.1 Å².